The van der Waals surface area contributed by atoms with E-state index in [1.54, 1.807) is 42.5 Å². The Hall–Kier alpha value is -4.50. The third-order valence-corrected chi connectivity index (χ3v) is 9.77. The van der Waals surface area contributed by atoms with Gasteiger partial charge in [-0.15, -0.1) is 0 Å². The Morgan fingerprint density at radius 3 is 2.07 bits per heavy atom. The number of sulfonamides is 1. The van der Waals surface area contributed by atoms with Crippen LogP contribution in [0.1, 0.15) is 42.5 Å². The molecule has 0 aliphatic carbocycles. The molecule has 0 unspecified atom stereocenters. The normalized spacial score (nSPS) is 12.6. The van der Waals surface area contributed by atoms with Gasteiger partial charge in [0.25, 0.3) is 10.0 Å². The number of nitrogens with one attached hydrogen (secondary N) is 1. The highest BCUT2D eigenvalue weighted by Gasteiger charge is 2.35. The van der Waals surface area contributed by atoms with Crippen LogP contribution in [-0.2, 0) is 32.6 Å². The number of carbonyl (C=O) groups excluding carboxylic acids is 2. The molecule has 1 N–H and O–H groups in total. The zero-order valence-corrected chi connectivity index (χ0v) is 26.9. The quantitative estimate of drug-likeness (QED) is 0.191. The van der Waals surface area contributed by atoms with E-state index in [9.17, 15) is 22.4 Å². The van der Waals surface area contributed by atoms with Crippen LogP contribution in [0.5, 0.6) is 0 Å². The first-order valence-corrected chi connectivity index (χ1v) is 16.5. The SMILES string of the molecule is CC[C@@H](C)NC(=O)[C@@H](Cc1ccccc1)N(Cc1ccc(F)cc1)C(=O)CN(c1cccc(C)c1C)S(=O)(=O)c1ccccc1. The molecule has 2 atom stereocenters. The first kappa shape index (κ1) is 33.4. The average molecular weight is 630 g/mol. The number of carbonyl (C=O) groups is 2. The second-order valence-electron chi connectivity index (χ2n) is 11.2. The number of hydrogen-bond donors (Lipinski definition) is 1. The van der Waals surface area contributed by atoms with Crippen molar-refractivity contribution in [3.8, 4) is 0 Å². The van der Waals surface area contributed by atoms with Crippen LogP contribution in [0.25, 0.3) is 0 Å². The van der Waals surface area contributed by atoms with Crippen molar-refractivity contribution < 1.29 is 22.4 Å². The number of benzene rings is 4. The Morgan fingerprint density at radius 1 is 0.822 bits per heavy atom. The van der Waals surface area contributed by atoms with Crippen molar-refractivity contribution in [2.75, 3.05) is 10.8 Å². The molecule has 45 heavy (non-hydrogen) atoms. The van der Waals surface area contributed by atoms with E-state index in [1.165, 1.54) is 29.2 Å². The van der Waals surface area contributed by atoms with E-state index < -0.39 is 34.3 Å². The van der Waals surface area contributed by atoms with E-state index >= 15 is 0 Å². The summed E-state index contributed by atoms with van der Waals surface area (Å²) in [5, 5.41) is 3.01. The van der Waals surface area contributed by atoms with E-state index in [0.29, 0.717) is 23.2 Å². The minimum atomic E-state index is -4.19. The lowest BCUT2D eigenvalue weighted by Crippen LogP contribution is -2.54. The van der Waals surface area contributed by atoms with E-state index in [2.05, 4.69) is 5.32 Å². The Bertz CT molecular complexity index is 1700. The fraction of sp³-hybridized carbons (Fsp3) is 0.278. The molecule has 7 nitrogen and oxygen atoms in total. The topological polar surface area (TPSA) is 86.8 Å². The van der Waals surface area contributed by atoms with E-state index in [0.717, 1.165) is 15.4 Å². The molecule has 0 saturated carbocycles. The minimum absolute atomic E-state index is 0.0312. The minimum Gasteiger partial charge on any atom is -0.352 e. The lowest BCUT2D eigenvalue weighted by Gasteiger charge is -2.34. The number of hydrogen-bond acceptors (Lipinski definition) is 4. The predicted octanol–water partition coefficient (Wildman–Crippen LogP) is 6.19. The molecule has 0 fully saturated rings. The van der Waals surface area contributed by atoms with Crippen molar-refractivity contribution in [3.63, 3.8) is 0 Å². The standard InChI is InChI=1S/C36H40FN3O4S/c1-5-27(3)38-36(42)34(23-29-14-8-6-9-15-29)39(24-30-19-21-31(37)22-20-30)35(41)25-40(33-18-12-13-26(2)28(33)4)45(43,44)32-16-10-7-11-17-32/h6-22,27,34H,5,23-25H2,1-4H3,(H,38,42)/t27-,34-/m1/s1. The average Bonchev–Trinajstić information content (AvgIpc) is 3.04. The van der Waals surface area contributed by atoms with E-state index in [4.69, 9.17) is 0 Å². The summed E-state index contributed by atoms with van der Waals surface area (Å²) < 4.78 is 43.3. The van der Waals surface area contributed by atoms with Crippen molar-refractivity contribution >= 4 is 27.5 Å². The Morgan fingerprint density at radius 2 is 1.44 bits per heavy atom. The molecule has 0 saturated heterocycles. The van der Waals surface area contributed by atoms with Gasteiger partial charge in [-0.25, -0.2) is 12.8 Å². The molecule has 0 bridgehead atoms. The van der Waals surface area contributed by atoms with Gasteiger partial charge in [-0.05, 0) is 79.8 Å². The number of amides is 2. The predicted molar refractivity (Wildman–Crippen MR) is 176 cm³/mol. The number of anilines is 1. The van der Waals surface area contributed by atoms with Crippen LogP contribution in [0.2, 0.25) is 0 Å². The van der Waals surface area contributed by atoms with Crippen molar-refractivity contribution in [1.82, 2.24) is 10.2 Å². The van der Waals surface area contributed by atoms with Crippen LogP contribution in [0, 0.1) is 19.7 Å². The highest BCUT2D eigenvalue weighted by atomic mass is 32.2. The second kappa shape index (κ2) is 15.0. The number of rotatable bonds is 13. The zero-order valence-electron chi connectivity index (χ0n) is 26.1. The van der Waals surface area contributed by atoms with Crippen molar-refractivity contribution in [2.24, 2.45) is 0 Å². The molecule has 0 heterocycles. The highest BCUT2D eigenvalue weighted by molar-refractivity contribution is 7.92. The van der Waals surface area contributed by atoms with Crippen LogP contribution >= 0.6 is 0 Å². The summed E-state index contributed by atoms with van der Waals surface area (Å²) in [6.45, 7) is 6.95. The van der Waals surface area contributed by atoms with Crippen molar-refractivity contribution in [3.05, 3.63) is 131 Å². The lowest BCUT2D eigenvalue weighted by atomic mass is 10.0. The molecule has 0 radical (unpaired) electrons. The summed E-state index contributed by atoms with van der Waals surface area (Å²) >= 11 is 0. The molecule has 0 aliphatic rings. The first-order chi connectivity index (χ1) is 21.5. The fourth-order valence-electron chi connectivity index (χ4n) is 5.02. The molecule has 236 valence electrons. The Kier molecular flexibility index (Phi) is 11.1. The smallest absolute Gasteiger partial charge is 0.264 e. The third kappa shape index (κ3) is 8.36. The van der Waals surface area contributed by atoms with Gasteiger partial charge in [0.1, 0.15) is 18.4 Å². The highest BCUT2D eigenvalue weighted by Crippen LogP contribution is 2.29. The summed E-state index contributed by atoms with van der Waals surface area (Å²) in [5.41, 5.74) is 3.39. The number of halogens is 1. The largest absolute Gasteiger partial charge is 0.352 e. The molecule has 0 aromatic heterocycles. The van der Waals surface area contributed by atoms with Gasteiger partial charge in [-0.2, -0.15) is 0 Å². The number of nitrogens with zero attached hydrogens (tertiary/aromatic N) is 2. The van der Waals surface area contributed by atoms with Crippen molar-refractivity contribution in [1.29, 1.82) is 0 Å². The van der Waals surface area contributed by atoms with E-state index in [1.807, 2.05) is 64.1 Å². The molecule has 2 amide bonds. The van der Waals surface area contributed by atoms with Gasteiger partial charge in [0.2, 0.25) is 11.8 Å². The monoisotopic (exact) mass is 629 g/mol. The zero-order chi connectivity index (χ0) is 32.6. The third-order valence-electron chi connectivity index (χ3n) is 7.99. The maximum Gasteiger partial charge on any atom is 0.264 e. The Balaban J connectivity index is 1.83. The molecule has 0 aliphatic heterocycles. The maximum atomic E-state index is 14.5. The summed E-state index contributed by atoms with van der Waals surface area (Å²) in [6, 6.07) is 27.2. The summed E-state index contributed by atoms with van der Waals surface area (Å²) in [5.74, 6) is -1.35. The van der Waals surface area contributed by atoms with Gasteiger partial charge >= 0.3 is 0 Å². The van der Waals surface area contributed by atoms with E-state index in [-0.39, 0.29) is 29.8 Å². The van der Waals surface area contributed by atoms with Gasteiger partial charge in [0, 0.05) is 19.0 Å². The van der Waals surface area contributed by atoms with Crippen LogP contribution < -0.4 is 9.62 Å². The van der Waals surface area contributed by atoms with Crippen LogP contribution in [-0.4, -0.2) is 43.8 Å². The number of aryl methyl sites for hydroxylation is 1. The first-order valence-electron chi connectivity index (χ1n) is 15.0. The molecule has 9 heteroatoms. The van der Waals surface area contributed by atoms with Gasteiger partial charge in [-0.3, -0.25) is 13.9 Å². The summed E-state index contributed by atoms with van der Waals surface area (Å²) in [6.07, 6.45) is 0.885. The molecule has 4 aromatic rings. The lowest BCUT2D eigenvalue weighted by molar-refractivity contribution is -0.140. The molecular weight excluding hydrogens is 589 g/mol. The van der Waals surface area contributed by atoms with Gasteiger partial charge in [-0.1, -0.05) is 79.7 Å². The maximum absolute atomic E-state index is 14.5. The second-order valence-corrected chi connectivity index (χ2v) is 13.1. The van der Waals surface area contributed by atoms with Gasteiger partial charge < -0.3 is 10.2 Å². The van der Waals surface area contributed by atoms with Crippen LogP contribution in [0.15, 0.2) is 108 Å². The molecule has 0 spiro atoms. The van der Waals surface area contributed by atoms with Crippen molar-refractivity contribution in [2.45, 2.75) is 64.1 Å². The Labute approximate surface area is 265 Å². The van der Waals surface area contributed by atoms with Crippen LogP contribution in [0.3, 0.4) is 0 Å². The molecule has 4 rings (SSSR count). The fourth-order valence-corrected chi connectivity index (χ4v) is 6.51. The summed E-state index contributed by atoms with van der Waals surface area (Å²) in [4.78, 5) is 29.9. The van der Waals surface area contributed by atoms with Gasteiger partial charge in [0.05, 0.1) is 10.6 Å². The van der Waals surface area contributed by atoms with Crippen LogP contribution in [0.4, 0.5) is 10.1 Å². The molecule has 4 aromatic carbocycles. The summed E-state index contributed by atoms with van der Waals surface area (Å²) in [7, 11) is -4.19. The van der Waals surface area contributed by atoms with Gasteiger partial charge in [0.15, 0.2) is 0 Å². The molecular formula is C36H40FN3O4S.